The van der Waals surface area contributed by atoms with E-state index in [0.717, 1.165) is 32.7 Å². The van der Waals surface area contributed by atoms with Crippen LogP contribution in [0.4, 0.5) is 0 Å². The summed E-state index contributed by atoms with van der Waals surface area (Å²) in [4.78, 5) is 2.49. The predicted octanol–water partition coefficient (Wildman–Crippen LogP) is 0.198. The Morgan fingerprint density at radius 1 is 1.58 bits per heavy atom. The van der Waals surface area contributed by atoms with E-state index in [1.807, 2.05) is 0 Å². The van der Waals surface area contributed by atoms with Crippen molar-refractivity contribution in [1.29, 1.82) is 0 Å². The Bertz CT molecular complexity index is 166. The van der Waals surface area contributed by atoms with E-state index in [1.54, 1.807) is 0 Å². The second-order valence-electron chi connectivity index (χ2n) is 4.29. The Labute approximate surface area is 73.9 Å². The normalized spacial score (nSPS) is 44.0. The van der Waals surface area contributed by atoms with E-state index in [4.69, 9.17) is 10.5 Å². The first-order valence-electron chi connectivity index (χ1n) is 4.79. The average Bonchev–Trinajstić information content (AvgIpc) is 2.59. The van der Waals surface area contributed by atoms with Crippen molar-refractivity contribution in [2.45, 2.75) is 31.3 Å². The van der Waals surface area contributed by atoms with Crippen LogP contribution in [0.15, 0.2) is 0 Å². The van der Waals surface area contributed by atoms with Crippen molar-refractivity contribution in [1.82, 2.24) is 4.90 Å². The van der Waals surface area contributed by atoms with Crippen LogP contribution in [0.5, 0.6) is 0 Å². The molecule has 70 valence electrons. The number of likely N-dealkylation sites (tertiary alicyclic amines) is 1. The van der Waals surface area contributed by atoms with E-state index in [2.05, 4.69) is 11.8 Å². The fourth-order valence-corrected chi connectivity index (χ4v) is 2.18. The van der Waals surface area contributed by atoms with E-state index in [-0.39, 0.29) is 5.54 Å². The molecule has 2 saturated heterocycles. The fourth-order valence-electron chi connectivity index (χ4n) is 2.18. The van der Waals surface area contributed by atoms with Crippen molar-refractivity contribution in [2.75, 3.05) is 26.3 Å². The summed E-state index contributed by atoms with van der Waals surface area (Å²) in [6.45, 7) is 6.31. The highest BCUT2D eigenvalue weighted by molar-refractivity contribution is 4.94. The molecule has 0 amide bonds. The Balaban J connectivity index is 1.99. The minimum atomic E-state index is 0.286. The Morgan fingerprint density at radius 3 is 2.92 bits per heavy atom. The molecular formula is C9H18N2O. The van der Waals surface area contributed by atoms with Gasteiger partial charge in [-0.15, -0.1) is 0 Å². The van der Waals surface area contributed by atoms with Crippen LogP contribution in [-0.2, 0) is 4.74 Å². The molecule has 2 heterocycles. The van der Waals surface area contributed by atoms with Gasteiger partial charge in [0.2, 0.25) is 0 Å². The number of hydrogen-bond donors (Lipinski definition) is 1. The molecule has 12 heavy (non-hydrogen) atoms. The molecule has 2 N–H and O–H groups in total. The second kappa shape index (κ2) is 2.98. The van der Waals surface area contributed by atoms with Crippen molar-refractivity contribution in [3.8, 4) is 0 Å². The highest BCUT2D eigenvalue weighted by atomic mass is 16.5. The molecule has 0 aliphatic carbocycles. The van der Waals surface area contributed by atoms with Crippen LogP contribution in [0.1, 0.15) is 19.8 Å². The van der Waals surface area contributed by atoms with Crippen LogP contribution in [0.2, 0.25) is 0 Å². The number of hydrogen-bond acceptors (Lipinski definition) is 3. The number of ether oxygens (including phenoxy) is 1. The van der Waals surface area contributed by atoms with Gasteiger partial charge in [0.05, 0.1) is 6.61 Å². The quantitative estimate of drug-likeness (QED) is 0.611. The summed E-state index contributed by atoms with van der Waals surface area (Å²) in [6.07, 6.45) is 2.31. The van der Waals surface area contributed by atoms with Crippen molar-refractivity contribution in [2.24, 2.45) is 5.73 Å². The van der Waals surface area contributed by atoms with Crippen LogP contribution in [0.3, 0.4) is 0 Å². The summed E-state index contributed by atoms with van der Waals surface area (Å²) >= 11 is 0. The van der Waals surface area contributed by atoms with Gasteiger partial charge >= 0.3 is 0 Å². The first kappa shape index (κ1) is 8.48. The van der Waals surface area contributed by atoms with Gasteiger partial charge in [0, 0.05) is 31.3 Å². The summed E-state index contributed by atoms with van der Waals surface area (Å²) in [7, 11) is 0. The zero-order valence-electron chi connectivity index (χ0n) is 7.75. The summed E-state index contributed by atoms with van der Waals surface area (Å²) in [5, 5.41) is 0. The molecule has 2 rings (SSSR count). The lowest BCUT2D eigenvalue weighted by Gasteiger charge is -2.33. The number of nitrogens with two attached hydrogens (primary N) is 1. The number of nitrogens with zero attached hydrogens (tertiary/aromatic N) is 1. The second-order valence-corrected chi connectivity index (χ2v) is 4.29. The number of rotatable bonds is 1. The molecule has 0 aromatic heterocycles. The van der Waals surface area contributed by atoms with Crippen LogP contribution in [0, 0.1) is 0 Å². The van der Waals surface area contributed by atoms with Crippen LogP contribution >= 0.6 is 0 Å². The maximum absolute atomic E-state index is 5.87. The van der Waals surface area contributed by atoms with Gasteiger partial charge < -0.3 is 10.5 Å². The molecule has 0 saturated carbocycles. The Kier molecular flexibility index (Phi) is 2.10. The molecule has 0 aromatic rings. The van der Waals surface area contributed by atoms with Crippen molar-refractivity contribution in [3.63, 3.8) is 0 Å². The Hall–Kier alpha value is -0.120. The molecule has 0 radical (unpaired) electrons. The van der Waals surface area contributed by atoms with Gasteiger partial charge in [-0.2, -0.15) is 0 Å². The maximum atomic E-state index is 5.87. The third kappa shape index (κ3) is 1.37. The van der Waals surface area contributed by atoms with E-state index in [9.17, 15) is 0 Å². The lowest BCUT2D eigenvalue weighted by molar-refractivity contribution is 0.0992. The zero-order valence-corrected chi connectivity index (χ0v) is 7.75. The third-order valence-corrected chi connectivity index (χ3v) is 3.19. The van der Waals surface area contributed by atoms with E-state index in [1.165, 1.54) is 6.42 Å². The fraction of sp³-hybridized carbons (Fsp3) is 1.00. The monoisotopic (exact) mass is 170 g/mol. The van der Waals surface area contributed by atoms with Gasteiger partial charge in [0.15, 0.2) is 0 Å². The lowest BCUT2D eigenvalue weighted by atomic mass is 10.00. The van der Waals surface area contributed by atoms with Gasteiger partial charge in [0.25, 0.3) is 0 Å². The van der Waals surface area contributed by atoms with Gasteiger partial charge in [-0.05, 0) is 19.8 Å². The van der Waals surface area contributed by atoms with Gasteiger partial charge in [-0.25, -0.2) is 0 Å². The topological polar surface area (TPSA) is 38.5 Å². The molecule has 2 atom stereocenters. The smallest absolute Gasteiger partial charge is 0.0648 e. The van der Waals surface area contributed by atoms with E-state index in [0.29, 0.717) is 6.04 Å². The van der Waals surface area contributed by atoms with E-state index < -0.39 is 0 Å². The van der Waals surface area contributed by atoms with Crippen LogP contribution in [0.25, 0.3) is 0 Å². The standard InChI is InChI=1S/C9H18N2O/c1-9(3-5-12-7-9)11-4-2-8(10)6-11/h8H,2-7,10H2,1H3. The van der Waals surface area contributed by atoms with Crippen molar-refractivity contribution < 1.29 is 4.74 Å². The molecule has 2 unspecified atom stereocenters. The van der Waals surface area contributed by atoms with Gasteiger partial charge in [0.1, 0.15) is 0 Å². The molecule has 2 fully saturated rings. The molecule has 0 bridgehead atoms. The van der Waals surface area contributed by atoms with E-state index >= 15 is 0 Å². The molecule has 3 heteroatoms. The van der Waals surface area contributed by atoms with Crippen molar-refractivity contribution >= 4 is 0 Å². The lowest BCUT2D eigenvalue weighted by Crippen LogP contribution is -2.46. The first-order chi connectivity index (χ1) is 5.71. The zero-order chi connectivity index (χ0) is 8.60. The highest BCUT2D eigenvalue weighted by Crippen LogP contribution is 2.28. The maximum Gasteiger partial charge on any atom is 0.0648 e. The first-order valence-corrected chi connectivity index (χ1v) is 4.79. The SMILES string of the molecule is CC1(N2CCC(N)C2)CCOC1. The van der Waals surface area contributed by atoms with Crippen LogP contribution in [-0.4, -0.2) is 42.8 Å². The predicted molar refractivity (Wildman–Crippen MR) is 48.0 cm³/mol. The molecule has 3 nitrogen and oxygen atoms in total. The Morgan fingerprint density at radius 2 is 2.42 bits per heavy atom. The third-order valence-electron chi connectivity index (χ3n) is 3.19. The molecule has 2 aliphatic rings. The van der Waals surface area contributed by atoms with Gasteiger partial charge in [-0.1, -0.05) is 0 Å². The summed E-state index contributed by atoms with van der Waals surface area (Å²) in [5.41, 5.74) is 6.15. The largest absolute Gasteiger partial charge is 0.379 e. The summed E-state index contributed by atoms with van der Waals surface area (Å²) < 4.78 is 5.43. The van der Waals surface area contributed by atoms with Crippen molar-refractivity contribution in [3.05, 3.63) is 0 Å². The molecule has 0 aromatic carbocycles. The minimum absolute atomic E-state index is 0.286. The molecular weight excluding hydrogens is 152 g/mol. The summed E-state index contributed by atoms with van der Waals surface area (Å²) in [5.74, 6) is 0. The van der Waals surface area contributed by atoms with Gasteiger partial charge in [-0.3, -0.25) is 4.90 Å². The molecule has 2 aliphatic heterocycles. The summed E-state index contributed by atoms with van der Waals surface area (Å²) in [6, 6.07) is 0.391. The van der Waals surface area contributed by atoms with Crippen LogP contribution < -0.4 is 5.73 Å². The minimum Gasteiger partial charge on any atom is -0.379 e. The highest BCUT2D eigenvalue weighted by Gasteiger charge is 2.38. The molecule has 0 spiro atoms. The average molecular weight is 170 g/mol.